The van der Waals surface area contributed by atoms with E-state index in [1.165, 1.54) is 10.6 Å². The molecule has 3 aromatic heterocycles. The fourth-order valence-electron chi connectivity index (χ4n) is 3.07. The Morgan fingerprint density at radius 3 is 2.65 bits per heavy atom. The Morgan fingerprint density at radius 2 is 1.92 bits per heavy atom. The molecule has 0 bridgehead atoms. The van der Waals surface area contributed by atoms with E-state index in [0.717, 1.165) is 22.3 Å². The van der Waals surface area contributed by atoms with Crippen LogP contribution in [0.5, 0.6) is 0 Å². The van der Waals surface area contributed by atoms with E-state index in [4.69, 9.17) is 0 Å². The highest BCUT2D eigenvalue weighted by molar-refractivity contribution is 5.79. The molecule has 0 unspecified atom stereocenters. The second-order valence-electron chi connectivity index (χ2n) is 6.28. The van der Waals surface area contributed by atoms with Crippen molar-refractivity contribution in [1.29, 1.82) is 0 Å². The first-order valence-electron chi connectivity index (χ1n) is 8.26. The van der Waals surface area contributed by atoms with Crippen molar-refractivity contribution in [1.82, 2.24) is 19.1 Å². The van der Waals surface area contributed by atoms with Crippen LogP contribution in [0.3, 0.4) is 0 Å². The van der Waals surface area contributed by atoms with Crippen molar-refractivity contribution in [3.8, 4) is 11.1 Å². The number of aryl methyl sites for hydroxylation is 2. The lowest BCUT2D eigenvalue weighted by atomic mass is 10.0. The number of nitrogens with zero attached hydrogens (tertiary/aromatic N) is 4. The van der Waals surface area contributed by atoms with Crippen molar-refractivity contribution in [2.75, 3.05) is 0 Å². The van der Waals surface area contributed by atoms with Gasteiger partial charge in [0.1, 0.15) is 5.82 Å². The summed E-state index contributed by atoms with van der Waals surface area (Å²) in [4.78, 5) is 21.4. The second-order valence-corrected chi connectivity index (χ2v) is 6.28. The van der Waals surface area contributed by atoms with Crippen LogP contribution in [-0.2, 0) is 13.6 Å². The van der Waals surface area contributed by atoms with Crippen LogP contribution >= 0.6 is 0 Å². The summed E-state index contributed by atoms with van der Waals surface area (Å²) in [6.45, 7) is 2.09. The Labute approximate surface area is 149 Å². The lowest BCUT2D eigenvalue weighted by molar-refractivity contribution is 0.619. The van der Waals surface area contributed by atoms with Gasteiger partial charge in [-0.25, -0.2) is 14.2 Å². The molecule has 130 valence electrons. The van der Waals surface area contributed by atoms with Gasteiger partial charge < -0.3 is 0 Å². The average molecular weight is 348 g/mol. The van der Waals surface area contributed by atoms with Gasteiger partial charge in [-0.2, -0.15) is 0 Å². The van der Waals surface area contributed by atoms with E-state index >= 15 is 0 Å². The van der Waals surface area contributed by atoms with E-state index in [1.807, 2.05) is 24.3 Å². The van der Waals surface area contributed by atoms with Crippen LogP contribution in [0.2, 0.25) is 0 Å². The molecule has 3 heterocycles. The molecular weight excluding hydrogens is 331 g/mol. The molecule has 0 saturated carbocycles. The Bertz CT molecular complexity index is 1160. The number of hydrogen-bond donors (Lipinski definition) is 0. The van der Waals surface area contributed by atoms with Crippen molar-refractivity contribution in [2.45, 2.75) is 13.5 Å². The Balaban J connectivity index is 1.88. The van der Waals surface area contributed by atoms with E-state index in [9.17, 15) is 9.18 Å². The minimum Gasteiger partial charge on any atom is -0.284 e. The first-order chi connectivity index (χ1) is 12.5. The van der Waals surface area contributed by atoms with Crippen molar-refractivity contribution in [3.05, 3.63) is 82.4 Å². The monoisotopic (exact) mass is 348 g/mol. The van der Waals surface area contributed by atoms with Gasteiger partial charge in [-0.3, -0.25) is 14.1 Å². The molecule has 26 heavy (non-hydrogen) atoms. The van der Waals surface area contributed by atoms with E-state index < -0.39 is 0 Å². The molecule has 0 aliphatic rings. The molecule has 0 N–H and O–H groups in total. The SMILES string of the molecule is Cc1cc(-c2cnc3c(c2)n(Cc2ccccn2)c(=O)n3C)ccc1F. The molecule has 0 fully saturated rings. The minimum atomic E-state index is -0.241. The number of fused-ring (bicyclic) bond motifs is 1. The molecule has 6 heteroatoms. The summed E-state index contributed by atoms with van der Waals surface area (Å²) in [5.41, 5.74) is 4.24. The Morgan fingerprint density at radius 1 is 1.08 bits per heavy atom. The van der Waals surface area contributed by atoms with Crippen molar-refractivity contribution >= 4 is 11.2 Å². The standard InChI is InChI=1S/C20H17FN4O/c1-13-9-14(6-7-17(13)21)15-10-18-19(23-11-15)24(2)20(26)25(18)12-16-5-3-4-8-22-16/h3-11H,12H2,1-2H3. The van der Waals surface area contributed by atoms with Crippen LogP contribution in [0.4, 0.5) is 4.39 Å². The smallest absolute Gasteiger partial charge is 0.284 e. The predicted molar refractivity (Wildman–Crippen MR) is 98.4 cm³/mol. The summed E-state index contributed by atoms with van der Waals surface area (Å²) < 4.78 is 16.7. The first-order valence-corrected chi connectivity index (χ1v) is 8.26. The molecule has 5 nitrogen and oxygen atoms in total. The molecule has 0 atom stereocenters. The Hall–Kier alpha value is -3.28. The molecule has 0 amide bonds. The molecule has 0 aliphatic carbocycles. The van der Waals surface area contributed by atoms with E-state index in [0.29, 0.717) is 17.8 Å². The summed E-state index contributed by atoms with van der Waals surface area (Å²) in [6, 6.07) is 12.5. The zero-order valence-electron chi connectivity index (χ0n) is 14.5. The van der Waals surface area contributed by atoms with Gasteiger partial charge in [0.25, 0.3) is 0 Å². The number of halogens is 1. The van der Waals surface area contributed by atoms with Gasteiger partial charge in [-0.15, -0.1) is 0 Å². The van der Waals surface area contributed by atoms with Crippen LogP contribution in [0, 0.1) is 12.7 Å². The molecule has 0 aliphatic heterocycles. The van der Waals surface area contributed by atoms with Crippen LogP contribution < -0.4 is 5.69 Å². The minimum absolute atomic E-state index is 0.148. The van der Waals surface area contributed by atoms with Crippen LogP contribution in [0.25, 0.3) is 22.3 Å². The van der Waals surface area contributed by atoms with E-state index in [-0.39, 0.29) is 11.5 Å². The maximum atomic E-state index is 13.6. The van der Waals surface area contributed by atoms with Gasteiger partial charge >= 0.3 is 5.69 Å². The molecule has 4 rings (SSSR count). The lowest BCUT2D eigenvalue weighted by Gasteiger charge is -2.06. The van der Waals surface area contributed by atoms with Gasteiger partial charge in [0.2, 0.25) is 0 Å². The van der Waals surface area contributed by atoms with Gasteiger partial charge in [0, 0.05) is 25.0 Å². The van der Waals surface area contributed by atoms with Crippen LogP contribution in [-0.4, -0.2) is 19.1 Å². The van der Waals surface area contributed by atoms with E-state index in [2.05, 4.69) is 9.97 Å². The number of benzene rings is 1. The number of imidazole rings is 1. The number of aromatic nitrogens is 4. The number of pyridine rings is 2. The topological polar surface area (TPSA) is 52.7 Å². The van der Waals surface area contributed by atoms with Crippen molar-refractivity contribution in [2.24, 2.45) is 7.05 Å². The summed E-state index contributed by atoms with van der Waals surface area (Å²) in [5, 5.41) is 0. The zero-order valence-corrected chi connectivity index (χ0v) is 14.5. The summed E-state index contributed by atoms with van der Waals surface area (Å²) in [6.07, 6.45) is 3.41. The number of rotatable bonds is 3. The van der Waals surface area contributed by atoms with Crippen molar-refractivity contribution in [3.63, 3.8) is 0 Å². The van der Waals surface area contributed by atoms with Gasteiger partial charge in [0.05, 0.1) is 17.8 Å². The van der Waals surface area contributed by atoms with Crippen LogP contribution in [0.15, 0.2) is 59.7 Å². The largest absolute Gasteiger partial charge is 0.330 e. The fraction of sp³-hybridized carbons (Fsp3) is 0.150. The second kappa shape index (κ2) is 6.22. The van der Waals surface area contributed by atoms with Gasteiger partial charge in [0.15, 0.2) is 5.65 Å². The molecule has 0 spiro atoms. The summed E-state index contributed by atoms with van der Waals surface area (Å²) in [5.74, 6) is -0.241. The first kappa shape index (κ1) is 16.2. The third-order valence-electron chi connectivity index (χ3n) is 4.51. The summed E-state index contributed by atoms with van der Waals surface area (Å²) >= 11 is 0. The molecule has 1 aromatic carbocycles. The normalized spacial score (nSPS) is 11.2. The highest BCUT2D eigenvalue weighted by atomic mass is 19.1. The number of hydrogen-bond acceptors (Lipinski definition) is 3. The van der Waals surface area contributed by atoms with Gasteiger partial charge in [-0.1, -0.05) is 12.1 Å². The fourth-order valence-corrected chi connectivity index (χ4v) is 3.07. The highest BCUT2D eigenvalue weighted by Crippen LogP contribution is 2.24. The molecule has 0 saturated heterocycles. The zero-order chi connectivity index (χ0) is 18.3. The summed E-state index contributed by atoms with van der Waals surface area (Å²) in [7, 11) is 1.70. The maximum absolute atomic E-state index is 13.6. The quantitative estimate of drug-likeness (QED) is 0.571. The third-order valence-corrected chi connectivity index (χ3v) is 4.51. The molecule has 0 radical (unpaired) electrons. The molecule has 4 aromatic rings. The van der Waals surface area contributed by atoms with Crippen LogP contribution in [0.1, 0.15) is 11.3 Å². The highest BCUT2D eigenvalue weighted by Gasteiger charge is 2.14. The average Bonchev–Trinajstić information content (AvgIpc) is 2.89. The Kier molecular flexibility index (Phi) is 3.88. The van der Waals surface area contributed by atoms with Gasteiger partial charge in [-0.05, 0) is 48.4 Å². The predicted octanol–water partition coefficient (Wildman–Crippen LogP) is 3.29. The third kappa shape index (κ3) is 2.69. The lowest BCUT2D eigenvalue weighted by Crippen LogP contribution is -2.23. The van der Waals surface area contributed by atoms with E-state index in [1.54, 1.807) is 43.1 Å². The van der Waals surface area contributed by atoms with Crippen molar-refractivity contribution < 1.29 is 4.39 Å². The maximum Gasteiger partial charge on any atom is 0.330 e. The molecular formula is C20H17FN4O.